The van der Waals surface area contributed by atoms with E-state index in [9.17, 15) is 13.2 Å². The zero-order valence-electron chi connectivity index (χ0n) is 16.7. The quantitative estimate of drug-likeness (QED) is 0.640. The molecular formula is C23H25NO4S. The lowest BCUT2D eigenvalue weighted by molar-refractivity contribution is -0.133. The Morgan fingerprint density at radius 3 is 2.52 bits per heavy atom. The van der Waals surface area contributed by atoms with Crippen molar-refractivity contribution in [2.24, 2.45) is 0 Å². The Hall–Kier alpha value is -2.60. The lowest BCUT2D eigenvalue weighted by Gasteiger charge is -2.28. The topological polar surface area (TPSA) is 67.6 Å². The highest BCUT2D eigenvalue weighted by molar-refractivity contribution is 7.91. The van der Waals surface area contributed by atoms with Crippen LogP contribution in [0.1, 0.15) is 28.7 Å². The Labute approximate surface area is 171 Å². The Bertz CT molecular complexity index is 1150. The van der Waals surface area contributed by atoms with Gasteiger partial charge in [-0.15, -0.1) is 0 Å². The van der Waals surface area contributed by atoms with Crippen molar-refractivity contribution in [1.29, 1.82) is 0 Å². The zero-order chi connectivity index (χ0) is 20.6. The number of fused-ring (bicyclic) bond motifs is 1. The van der Waals surface area contributed by atoms with Crippen LogP contribution in [0.5, 0.6) is 0 Å². The summed E-state index contributed by atoms with van der Waals surface area (Å²) in [6.07, 6.45) is 2.32. The summed E-state index contributed by atoms with van der Waals surface area (Å²) in [6, 6.07) is 13.7. The highest BCUT2D eigenvalue weighted by atomic mass is 32.2. The minimum absolute atomic E-state index is 0.0376. The molecular weight excluding hydrogens is 386 g/mol. The maximum Gasteiger partial charge on any atom is 0.227 e. The third-order valence-electron chi connectivity index (χ3n) is 5.60. The molecule has 1 saturated heterocycles. The standard InChI is InChI=1S/C23H25NO4S/c1-16-3-6-18(7-4-16)13-24(20-9-10-29(26,27)15-20)23(25)12-19-14-28-22-11-17(2)5-8-21(19)22/h3-8,11,14,20H,9-10,12-13,15H2,1-2H3. The van der Waals surface area contributed by atoms with E-state index in [0.29, 0.717) is 13.0 Å². The summed E-state index contributed by atoms with van der Waals surface area (Å²) in [7, 11) is -3.09. The molecule has 1 unspecified atom stereocenters. The van der Waals surface area contributed by atoms with Gasteiger partial charge in [-0.2, -0.15) is 0 Å². The number of benzene rings is 2. The van der Waals surface area contributed by atoms with Crippen LogP contribution >= 0.6 is 0 Å². The summed E-state index contributed by atoms with van der Waals surface area (Å²) < 4.78 is 29.7. The number of amides is 1. The second kappa shape index (κ2) is 7.67. The molecule has 6 heteroatoms. The van der Waals surface area contributed by atoms with Gasteiger partial charge in [0.2, 0.25) is 5.91 Å². The van der Waals surface area contributed by atoms with Crippen molar-refractivity contribution in [3.05, 3.63) is 71.0 Å². The van der Waals surface area contributed by atoms with E-state index in [-0.39, 0.29) is 29.9 Å². The van der Waals surface area contributed by atoms with Gasteiger partial charge in [-0.3, -0.25) is 4.79 Å². The lowest BCUT2D eigenvalue weighted by Crippen LogP contribution is -2.41. The zero-order valence-corrected chi connectivity index (χ0v) is 17.5. The molecule has 152 valence electrons. The van der Waals surface area contributed by atoms with E-state index in [2.05, 4.69) is 0 Å². The fourth-order valence-electron chi connectivity index (χ4n) is 3.92. The molecule has 2 heterocycles. The lowest BCUT2D eigenvalue weighted by atomic mass is 10.1. The third kappa shape index (κ3) is 4.37. The fraction of sp³-hybridized carbons (Fsp3) is 0.348. The minimum Gasteiger partial charge on any atom is -0.464 e. The number of nitrogens with zero attached hydrogens (tertiary/aromatic N) is 1. The first kappa shape index (κ1) is 19.7. The van der Waals surface area contributed by atoms with E-state index >= 15 is 0 Å². The van der Waals surface area contributed by atoms with Crippen LogP contribution in [0.25, 0.3) is 11.0 Å². The van der Waals surface area contributed by atoms with Crippen LogP contribution in [-0.2, 0) is 27.6 Å². The molecule has 4 rings (SSSR count). The number of carbonyl (C=O) groups is 1. The molecule has 1 amide bonds. The average molecular weight is 412 g/mol. The SMILES string of the molecule is Cc1ccc(CN(C(=O)Cc2coc3cc(C)ccc23)C2CCS(=O)(=O)C2)cc1. The van der Waals surface area contributed by atoms with Gasteiger partial charge in [0.25, 0.3) is 0 Å². The van der Waals surface area contributed by atoms with Crippen LogP contribution in [0.2, 0.25) is 0 Å². The van der Waals surface area contributed by atoms with Crippen LogP contribution in [0.4, 0.5) is 0 Å². The van der Waals surface area contributed by atoms with E-state index in [4.69, 9.17) is 4.42 Å². The molecule has 1 atom stereocenters. The largest absolute Gasteiger partial charge is 0.464 e. The van der Waals surface area contributed by atoms with Crippen LogP contribution in [0.15, 0.2) is 53.1 Å². The molecule has 0 spiro atoms. The maximum atomic E-state index is 13.3. The van der Waals surface area contributed by atoms with E-state index in [1.807, 2.05) is 56.3 Å². The average Bonchev–Trinajstić information content (AvgIpc) is 3.23. The van der Waals surface area contributed by atoms with Crippen molar-refractivity contribution in [3.8, 4) is 0 Å². The predicted octanol–water partition coefficient (Wildman–Crippen LogP) is 3.81. The van der Waals surface area contributed by atoms with Crippen molar-refractivity contribution in [2.75, 3.05) is 11.5 Å². The number of hydrogen-bond donors (Lipinski definition) is 0. The molecule has 1 aliphatic heterocycles. The van der Waals surface area contributed by atoms with Gasteiger partial charge in [0.1, 0.15) is 5.58 Å². The molecule has 0 bridgehead atoms. The second-order valence-electron chi connectivity index (χ2n) is 8.00. The van der Waals surface area contributed by atoms with Crippen LogP contribution in [0, 0.1) is 13.8 Å². The van der Waals surface area contributed by atoms with Crippen molar-refractivity contribution in [1.82, 2.24) is 4.90 Å². The molecule has 2 aromatic carbocycles. The normalized spacial score (nSPS) is 18.2. The number of carbonyl (C=O) groups excluding carboxylic acids is 1. The number of furan rings is 1. The van der Waals surface area contributed by atoms with Gasteiger partial charge in [-0.25, -0.2) is 8.42 Å². The predicted molar refractivity (Wildman–Crippen MR) is 113 cm³/mol. The maximum absolute atomic E-state index is 13.3. The first-order chi connectivity index (χ1) is 13.8. The number of sulfone groups is 1. The van der Waals surface area contributed by atoms with E-state index in [0.717, 1.165) is 33.2 Å². The van der Waals surface area contributed by atoms with Crippen LogP contribution in [-0.4, -0.2) is 36.8 Å². The van der Waals surface area contributed by atoms with Crippen molar-refractivity contribution in [3.63, 3.8) is 0 Å². The van der Waals surface area contributed by atoms with Gasteiger partial charge in [-0.1, -0.05) is 42.0 Å². The van der Waals surface area contributed by atoms with Gasteiger partial charge in [0.15, 0.2) is 9.84 Å². The second-order valence-corrected chi connectivity index (χ2v) is 10.2. The molecule has 5 nitrogen and oxygen atoms in total. The van der Waals surface area contributed by atoms with Gasteiger partial charge in [-0.05, 0) is 37.5 Å². The smallest absolute Gasteiger partial charge is 0.227 e. The Morgan fingerprint density at radius 1 is 1.10 bits per heavy atom. The molecule has 0 radical (unpaired) electrons. The number of rotatable bonds is 5. The molecule has 1 aliphatic rings. The highest BCUT2D eigenvalue weighted by Gasteiger charge is 2.34. The third-order valence-corrected chi connectivity index (χ3v) is 7.35. The number of hydrogen-bond acceptors (Lipinski definition) is 4. The molecule has 0 N–H and O–H groups in total. The number of aryl methyl sites for hydroxylation is 2. The van der Waals surface area contributed by atoms with Crippen LogP contribution < -0.4 is 0 Å². The Morgan fingerprint density at radius 2 is 1.83 bits per heavy atom. The van der Waals surface area contributed by atoms with Gasteiger partial charge >= 0.3 is 0 Å². The summed E-state index contributed by atoms with van der Waals surface area (Å²) in [4.78, 5) is 15.0. The van der Waals surface area contributed by atoms with Gasteiger partial charge in [0, 0.05) is 23.5 Å². The molecule has 1 aromatic heterocycles. The summed E-state index contributed by atoms with van der Waals surface area (Å²) >= 11 is 0. The first-order valence-corrected chi connectivity index (χ1v) is 11.6. The van der Waals surface area contributed by atoms with Crippen molar-refractivity contribution in [2.45, 2.75) is 39.3 Å². The monoisotopic (exact) mass is 411 g/mol. The fourth-order valence-corrected chi connectivity index (χ4v) is 5.65. The minimum atomic E-state index is -3.09. The molecule has 0 saturated carbocycles. The Kier molecular flexibility index (Phi) is 5.21. The molecule has 0 aliphatic carbocycles. The molecule has 1 fully saturated rings. The van der Waals surface area contributed by atoms with E-state index < -0.39 is 9.84 Å². The van der Waals surface area contributed by atoms with E-state index in [1.54, 1.807) is 11.2 Å². The summed E-state index contributed by atoms with van der Waals surface area (Å²) in [5.41, 5.74) is 4.85. The van der Waals surface area contributed by atoms with Crippen molar-refractivity contribution < 1.29 is 17.6 Å². The molecule has 29 heavy (non-hydrogen) atoms. The summed E-state index contributed by atoms with van der Waals surface area (Å²) in [6.45, 7) is 4.42. The van der Waals surface area contributed by atoms with E-state index in [1.165, 1.54) is 0 Å². The van der Waals surface area contributed by atoms with Gasteiger partial charge < -0.3 is 9.32 Å². The first-order valence-electron chi connectivity index (χ1n) is 9.83. The highest BCUT2D eigenvalue weighted by Crippen LogP contribution is 2.26. The van der Waals surface area contributed by atoms with Crippen molar-refractivity contribution >= 4 is 26.7 Å². The summed E-state index contributed by atoms with van der Waals surface area (Å²) in [5.74, 6) is 0.107. The Balaban J connectivity index is 1.60. The molecule has 3 aromatic rings. The summed E-state index contributed by atoms with van der Waals surface area (Å²) in [5, 5.41) is 0.929. The van der Waals surface area contributed by atoms with Gasteiger partial charge in [0.05, 0.1) is 24.2 Å². The van der Waals surface area contributed by atoms with Crippen LogP contribution in [0.3, 0.4) is 0 Å².